The smallest absolute Gasteiger partial charge is 0.382 e. The van der Waals surface area contributed by atoms with Gasteiger partial charge in [0.2, 0.25) is 16.6 Å². The minimum absolute atomic E-state index is 0.815. The van der Waals surface area contributed by atoms with E-state index in [-0.39, 0.29) is 0 Å². The van der Waals surface area contributed by atoms with Gasteiger partial charge >= 0.3 is 5.89 Å². The summed E-state index contributed by atoms with van der Waals surface area (Å²) in [5.74, 6) is 3.39. The van der Waals surface area contributed by atoms with Gasteiger partial charge in [-0.05, 0) is 60.7 Å². The zero-order valence-corrected chi connectivity index (χ0v) is 45.1. The lowest BCUT2D eigenvalue weighted by molar-refractivity contribution is -0.649. The molecule has 394 valence electrons. The average molecular weight is 1100 g/mol. The molecule has 20 heteroatoms. The van der Waals surface area contributed by atoms with Crippen molar-refractivity contribution >= 4 is 76.8 Å². The van der Waals surface area contributed by atoms with E-state index in [1.54, 1.807) is 18.7 Å². The summed E-state index contributed by atoms with van der Waals surface area (Å²) in [6, 6.07) is 27.0. The number of aryl methyl sites for hydroxylation is 1. The molecular formula is C63H44N18OS+4. The number of nitrogens with zero attached hydrogens (tertiary/aromatic N) is 18. The van der Waals surface area contributed by atoms with E-state index in [1.807, 2.05) is 109 Å². The molecule has 0 bridgehead atoms. The molecule has 16 aromatic heterocycles. The molecule has 0 radical (unpaired) electrons. The summed E-state index contributed by atoms with van der Waals surface area (Å²) >= 11 is 1.85. The third-order valence-corrected chi connectivity index (χ3v) is 17.9. The normalized spacial score (nSPS) is 12.9. The van der Waals surface area contributed by atoms with Crippen molar-refractivity contribution in [3.8, 4) is 50.5 Å². The number of para-hydroxylation sites is 1. The topological polar surface area (TPSA) is 159 Å². The molecule has 0 spiro atoms. The second kappa shape index (κ2) is 17.4. The minimum atomic E-state index is 0.815. The van der Waals surface area contributed by atoms with Gasteiger partial charge in [0, 0.05) is 91.1 Å². The molecule has 21 rings (SSSR count). The highest BCUT2D eigenvalue weighted by Crippen LogP contribution is 2.39. The predicted octanol–water partition coefficient (Wildman–Crippen LogP) is 8.58. The van der Waals surface area contributed by atoms with Gasteiger partial charge in [-0.2, -0.15) is 13.7 Å². The lowest BCUT2D eigenvalue weighted by Gasteiger charge is -2.02. The average Bonchev–Trinajstić information content (AvgIpc) is 4.02. The number of oxazole rings is 1. The fourth-order valence-corrected chi connectivity index (χ4v) is 14.3. The Morgan fingerprint density at radius 3 is 1.75 bits per heavy atom. The van der Waals surface area contributed by atoms with E-state index in [4.69, 9.17) is 4.42 Å². The lowest BCUT2D eigenvalue weighted by Crippen LogP contribution is -2.31. The molecule has 0 saturated heterocycles. The first-order valence-electron chi connectivity index (χ1n) is 27.1. The van der Waals surface area contributed by atoms with Crippen molar-refractivity contribution in [3.63, 3.8) is 0 Å². The van der Waals surface area contributed by atoms with Crippen LogP contribution in [0.15, 0.2) is 208 Å². The molecule has 83 heavy (non-hydrogen) atoms. The monoisotopic (exact) mass is 1100 g/mol. The summed E-state index contributed by atoms with van der Waals surface area (Å²) in [7, 11) is 2.13. The van der Waals surface area contributed by atoms with Gasteiger partial charge in [-0.15, -0.1) is 0 Å². The highest BCUT2D eigenvalue weighted by atomic mass is 32.1. The first kappa shape index (κ1) is 45.7. The van der Waals surface area contributed by atoms with Crippen molar-refractivity contribution in [1.29, 1.82) is 0 Å². The van der Waals surface area contributed by atoms with E-state index < -0.39 is 0 Å². The summed E-state index contributed by atoms with van der Waals surface area (Å²) in [5.41, 5.74) is 24.1. The largest absolute Gasteiger partial charge is 0.395 e. The number of hydrogen-bond donors (Lipinski definition) is 0. The molecule has 0 N–H and O–H groups in total. The van der Waals surface area contributed by atoms with Crippen LogP contribution in [0.4, 0.5) is 0 Å². The Morgan fingerprint density at radius 1 is 0.458 bits per heavy atom. The van der Waals surface area contributed by atoms with Crippen molar-refractivity contribution in [2.45, 2.75) is 26.2 Å². The molecule has 0 fully saturated rings. The maximum Gasteiger partial charge on any atom is 0.382 e. The maximum absolute atomic E-state index is 6.08. The maximum atomic E-state index is 6.08. The Balaban J connectivity index is 0.0000000851. The molecular weight excluding hydrogens is 1060 g/mol. The molecule has 0 unspecified atom stereocenters. The molecule has 0 atom stereocenters. The second-order valence-electron chi connectivity index (χ2n) is 21.1. The van der Waals surface area contributed by atoms with Crippen LogP contribution in [-0.2, 0) is 33.2 Å². The number of imidazole rings is 2. The van der Waals surface area contributed by atoms with Crippen LogP contribution in [0.3, 0.4) is 0 Å². The predicted molar refractivity (Wildman–Crippen MR) is 309 cm³/mol. The van der Waals surface area contributed by atoms with Gasteiger partial charge in [-0.3, -0.25) is 37.5 Å². The standard InChI is InChI=1S/C20H14N5.C15H12N5.C14H9N4O.C14H9N4S/c1-2-4-15(5-3-1)25-19-17-7-9-22-13-23(17)12-18(19)24-11-14-10-21-8-6-16(14)20(24)25;1-18-14-12-3-5-17-9-19(12)8-13(14)20-7-10-6-16-4-2-11(10)15(18)20;2*1-3-15-5-9-6-18-12-7-17-8-16-4-2-11(17)13(12)19-14(18)10(1)9/h1-10,12-13H,11H2;2-6,8-9H,7H2,1H3;2*1-5,7-8H,6H2/q4*+1. The summed E-state index contributed by atoms with van der Waals surface area (Å²) in [6.07, 6.45) is 38.5. The van der Waals surface area contributed by atoms with E-state index in [0.717, 1.165) is 65.5 Å². The van der Waals surface area contributed by atoms with Crippen LogP contribution in [0.2, 0.25) is 0 Å². The summed E-state index contributed by atoms with van der Waals surface area (Å²) in [6.45, 7) is 3.47. The molecule has 0 saturated carbocycles. The summed E-state index contributed by atoms with van der Waals surface area (Å²) < 4.78 is 29.6. The second-order valence-corrected chi connectivity index (χ2v) is 22.1. The number of fused-ring (bicyclic) bond motifs is 28. The van der Waals surface area contributed by atoms with Crippen LogP contribution in [0.25, 0.3) is 116 Å². The Labute approximate surface area is 473 Å². The van der Waals surface area contributed by atoms with E-state index in [0.29, 0.717) is 0 Å². The van der Waals surface area contributed by atoms with Gasteiger partial charge in [-0.1, -0.05) is 29.5 Å². The SMILES string of the molecule is C[n+]1c2n(c3cn4cnccc4c31)Cc1cnccc1-2.c1cc2c(cn1)C[n+]1c-2oc2c3ccncn3cc21.c1cc2c(cn1)C[n+]1c-2sc2c3ccncn3cc21.c1ccc(-n2c3[n+](c4cn5cnccc5c42)Cc2cnccc2-3)cc1. The van der Waals surface area contributed by atoms with E-state index in [1.165, 1.54) is 98.9 Å². The van der Waals surface area contributed by atoms with Crippen LogP contribution in [0.1, 0.15) is 22.3 Å². The number of hydrogen-bond acceptors (Lipinski definition) is 10. The Hall–Kier alpha value is -11.1. The molecule has 0 aliphatic carbocycles. The third kappa shape index (κ3) is 6.65. The number of aromatic nitrogens is 18. The lowest BCUT2D eigenvalue weighted by atomic mass is 10.1. The summed E-state index contributed by atoms with van der Waals surface area (Å²) in [5, 5.41) is 1.33. The van der Waals surface area contributed by atoms with Gasteiger partial charge < -0.3 is 4.42 Å². The van der Waals surface area contributed by atoms with Gasteiger partial charge in [-0.25, -0.2) is 33.6 Å². The van der Waals surface area contributed by atoms with Crippen molar-refractivity contribution in [3.05, 3.63) is 226 Å². The Bertz CT molecular complexity index is 5360. The molecule has 20 heterocycles. The molecule has 4 aliphatic rings. The molecule has 19 nitrogen and oxygen atoms in total. The van der Waals surface area contributed by atoms with Crippen molar-refractivity contribution < 1.29 is 22.7 Å². The highest BCUT2D eigenvalue weighted by Gasteiger charge is 2.39. The highest BCUT2D eigenvalue weighted by molar-refractivity contribution is 7.22. The van der Waals surface area contributed by atoms with Gasteiger partial charge in [0.05, 0.1) is 102 Å². The van der Waals surface area contributed by atoms with Crippen LogP contribution < -0.4 is 18.3 Å². The fraction of sp³-hybridized carbons (Fsp3) is 0.0794. The Kier molecular flexibility index (Phi) is 9.61. The Morgan fingerprint density at radius 2 is 1.00 bits per heavy atom. The van der Waals surface area contributed by atoms with Gasteiger partial charge in [0.25, 0.3) is 22.2 Å². The van der Waals surface area contributed by atoms with Gasteiger partial charge in [0.1, 0.15) is 29.0 Å². The van der Waals surface area contributed by atoms with Crippen molar-refractivity contribution in [2.75, 3.05) is 0 Å². The van der Waals surface area contributed by atoms with E-state index in [2.05, 4.69) is 179 Å². The van der Waals surface area contributed by atoms with Crippen LogP contribution in [0.5, 0.6) is 0 Å². The first-order chi connectivity index (χ1) is 41.1. The van der Waals surface area contributed by atoms with Crippen molar-refractivity contribution in [1.82, 2.24) is 66.6 Å². The molecule has 0 amide bonds. The van der Waals surface area contributed by atoms with E-state index in [9.17, 15) is 0 Å². The molecule has 4 aliphatic heterocycles. The quantitative estimate of drug-likeness (QED) is 0.147. The number of thiazole rings is 1. The molecule has 17 aromatic rings. The van der Waals surface area contributed by atoms with Gasteiger partial charge in [0.15, 0.2) is 29.6 Å². The fourth-order valence-electron chi connectivity index (χ4n) is 13.0. The number of pyridine rings is 4. The zero-order valence-electron chi connectivity index (χ0n) is 44.2. The zero-order chi connectivity index (χ0) is 54.4. The van der Waals surface area contributed by atoms with Crippen LogP contribution >= 0.6 is 11.3 Å². The minimum Gasteiger partial charge on any atom is -0.395 e. The van der Waals surface area contributed by atoms with E-state index >= 15 is 0 Å². The third-order valence-electron chi connectivity index (χ3n) is 16.6. The van der Waals surface area contributed by atoms with Crippen LogP contribution in [-0.4, -0.2) is 66.6 Å². The molecule has 1 aromatic carbocycles. The number of rotatable bonds is 1. The van der Waals surface area contributed by atoms with Crippen molar-refractivity contribution in [2.24, 2.45) is 7.05 Å². The number of benzene rings is 1. The van der Waals surface area contributed by atoms with Crippen LogP contribution in [0, 0.1) is 0 Å². The summed E-state index contributed by atoms with van der Waals surface area (Å²) in [4.78, 5) is 33.7. The first-order valence-corrected chi connectivity index (χ1v) is 28.0.